The highest BCUT2D eigenvalue weighted by Crippen LogP contribution is 2.22. The molecule has 0 saturated heterocycles. The van der Waals surface area contributed by atoms with Gasteiger partial charge in [0, 0.05) is 6.04 Å². The quantitative estimate of drug-likeness (QED) is 0.753. The highest BCUT2D eigenvalue weighted by Gasteiger charge is 2.16. The van der Waals surface area contributed by atoms with Crippen molar-refractivity contribution >= 4 is 11.8 Å². The van der Waals surface area contributed by atoms with Gasteiger partial charge in [0.05, 0.1) is 6.20 Å². The van der Waals surface area contributed by atoms with Crippen LogP contribution in [0.4, 0.5) is 16.2 Å². The maximum absolute atomic E-state index is 13.2. The molecule has 3 N–H and O–H groups in total. The van der Waals surface area contributed by atoms with E-state index in [4.69, 9.17) is 5.73 Å². The van der Waals surface area contributed by atoms with Gasteiger partial charge >= 0.3 is 0 Å². The molecular weight excluding hydrogens is 183 g/mol. The zero-order chi connectivity index (χ0) is 9.97. The fourth-order valence-corrected chi connectivity index (χ4v) is 1.75. The maximum Gasteiger partial charge on any atom is 0.222 e. The number of rotatable bonds is 2. The molecule has 0 atom stereocenters. The molecule has 0 amide bonds. The summed E-state index contributed by atoms with van der Waals surface area (Å²) in [7, 11) is 0. The van der Waals surface area contributed by atoms with Gasteiger partial charge in [-0.25, -0.2) is 9.37 Å². The first kappa shape index (κ1) is 9.18. The Morgan fingerprint density at radius 2 is 2.14 bits per heavy atom. The zero-order valence-electron chi connectivity index (χ0n) is 7.83. The third kappa shape index (κ3) is 1.92. The van der Waals surface area contributed by atoms with Gasteiger partial charge in [-0.05, 0) is 12.8 Å². The number of nitrogens with zero attached hydrogens (tertiary/aromatic N) is 2. The van der Waals surface area contributed by atoms with E-state index in [0.29, 0.717) is 6.04 Å². The van der Waals surface area contributed by atoms with Crippen molar-refractivity contribution in [2.75, 3.05) is 11.1 Å². The lowest BCUT2D eigenvalue weighted by Crippen LogP contribution is -2.17. The van der Waals surface area contributed by atoms with E-state index in [0.717, 1.165) is 19.0 Å². The Hall–Kier alpha value is -1.39. The van der Waals surface area contributed by atoms with Gasteiger partial charge in [-0.2, -0.15) is 4.98 Å². The highest BCUT2D eigenvalue weighted by molar-refractivity contribution is 5.40. The summed E-state index contributed by atoms with van der Waals surface area (Å²) in [6, 6.07) is 0.332. The molecule has 1 aliphatic rings. The van der Waals surface area contributed by atoms with E-state index in [1.165, 1.54) is 12.8 Å². The molecule has 14 heavy (non-hydrogen) atoms. The zero-order valence-corrected chi connectivity index (χ0v) is 7.83. The van der Waals surface area contributed by atoms with Crippen molar-refractivity contribution in [1.82, 2.24) is 9.97 Å². The number of halogens is 1. The second kappa shape index (κ2) is 3.77. The number of nitrogen functional groups attached to an aromatic ring is 1. The van der Waals surface area contributed by atoms with Crippen molar-refractivity contribution in [2.24, 2.45) is 0 Å². The minimum absolute atomic E-state index is 0.104. The van der Waals surface area contributed by atoms with E-state index in [2.05, 4.69) is 15.3 Å². The predicted molar refractivity (Wildman–Crippen MR) is 52.3 cm³/mol. The summed E-state index contributed by atoms with van der Waals surface area (Å²) in [5, 5.41) is 3.04. The van der Waals surface area contributed by atoms with Crippen LogP contribution in [0.15, 0.2) is 6.20 Å². The van der Waals surface area contributed by atoms with Crippen molar-refractivity contribution in [3.63, 3.8) is 0 Å². The number of nitrogens with two attached hydrogens (primary N) is 1. The monoisotopic (exact) mass is 196 g/mol. The lowest BCUT2D eigenvalue weighted by atomic mass is 10.2. The van der Waals surface area contributed by atoms with Crippen LogP contribution in [-0.2, 0) is 0 Å². The molecule has 1 heterocycles. The molecule has 0 bridgehead atoms. The first-order chi connectivity index (χ1) is 6.75. The molecule has 2 rings (SSSR count). The lowest BCUT2D eigenvalue weighted by molar-refractivity contribution is 0.611. The largest absolute Gasteiger partial charge is 0.368 e. The topological polar surface area (TPSA) is 63.8 Å². The van der Waals surface area contributed by atoms with E-state index in [1.54, 1.807) is 0 Å². The van der Waals surface area contributed by atoms with Crippen LogP contribution in [-0.4, -0.2) is 16.0 Å². The second-order valence-corrected chi connectivity index (χ2v) is 3.55. The average Bonchev–Trinajstić information content (AvgIpc) is 2.64. The van der Waals surface area contributed by atoms with E-state index >= 15 is 0 Å². The summed E-state index contributed by atoms with van der Waals surface area (Å²) in [6.07, 6.45) is 5.63. The van der Waals surface area contributed by atoms with Gasteiger partial charge in [-0.15, -0.1) is 0 Å². The Morgan fingerprint density at radius 1 is 1.43 bits per heavy atom. The number of aromatic nitrogens is 2. The van der Waals surface area contributed by atoms with Crippen LogP contribution in [0.1, 0.15) is 25.7 Å². The van der Waals surface area contributed by atoms with Gasteiger partial charge in [0.25, 0.3) is 0 Å². The van der Waals surface area contributed by atoms with Crippen LogP contribution < -0.4 is 11.1 Å². The van der Waals surface area contributed by atoms with Gasteiger partial charge in [0.15, 0.2) is 11.6 Å². The van der Waals surface area contributed by atoms with E-state index in [9.17, 15) is 4.39 Å². The Morgan fingerprint density at radius 3 is 2.86 bits per heavy atom. The summed E-state index contributed by atoms with van der Waals surface area (Å²) in [4.78, 5) is 7.38. The molecule has 4 nitrogen and oxygen atoms in total. The fourth-order valence-electron chi connectivity index (χ4n) is 1.75. The Kier molecular flexibility index (Phi) is 2.47. The molecule has 1 aromatic rings. The number of nitrogens with one attached hydrogen (secondary N) is 1. The Bertz CT molecular complexity index is 323. The summed E-state index contributed by atoms with van der Waals surface area (Å²) >= 11 is 0. The van der Waals surface area contributed by atoms with Crippen molar-refractivity contribution in [2.45, 2.75) is 31.7 Å². The second-order valence-electron chi connectivity index (χ2n) is 3.55. The van der Waals surface area contributed by atoms with Crippen LogP contribution >= 0.6 is 0 Å². The first-order valence-corrected chi connectivity index (χ1v) is 4.80. The van der Waals surface area contributed by atoms with Crippen molar-refractivity contribution in [1.29, 1.82) is 0 Å². The van der Waals surface area contributed by atoms with Crippen LogP contribution in [0.3, 0.4) is 0 Å². The summed E-state index contributed by atoms with van der Waals surface area (Å²) in [5.74, 6) is -0.109. The average molecular weight is 196 g/mol. The maximum atomic E-state index is 13.2. The molecule has 1 aliphatic carbocycles. The van der Waals surface area contributed by atoms with Gasteiger partial charge in [0.2, 0.25) is 5.95 Å². The molecule has 0 spiro atoms. The smallest absolute Gasteiger partial charge is 0.222 e. The Labute approximate surface area is 81.7 Å². The van der Waals surface area contributed by atoms with Gasteiger partial charge in [-0.3, -0.25) is 0 Å². The van der Waals surface area contributed by atoms with Crippen LogP contribution in [0.5, 0.6) is 0 Å². The summed E-state index contributed by atoms with van der Waals surface area (Å²) in [5.41, 5.74) is 5.37. The normalized spacial score (nSPS) is 17.2. The molecule has 0 unspecified atom stereocenters. The summed E-state index contributed by atoms with van der Waals surface area (Å²) in [6.45, 7) is 0. The lowest BCUT2D eigenvalue weighted by Gasteiger charge is -2.12. The molecular formula is C9H13FN4. The first-order valence-electron chi connectivity index (χ1n) is 4.80. The third-order valence-corrected chi connectivity index (χ3v) is 2.46. The van der Waals surface area contributed by atoms with Crippen molar-refractivity contribution in [3.8, 4) is 0 Å². The highest BCUT2D eigenvalue weighted by atomic mass is 19.1. The molecule has 76 valence electrons. The fraction of sp³-hybridized carbons (Fsp3) is 0.556. The third-order valence-electron chi connectivity index (χ3n) is 2.46. The SMILES string of the molecule is Nc1ncc(F)c(NC2CCCC2)n1. The molecule has 0 aliphatic heterocycles. The number of hydrogen-bond acceptors (Lipinski definition) is 4. The van der Waals surface area contributed by atoms with Gasteiger partial charge in [0.1, 0.15) is 0 Å². The molecule has 1 aromatic heterocycles. The summed E-state index contributed by atoms with van der Waals surface area (Å²) < 4.78 is 13.2. The van der Waals surface area contributed by atoms with Crippen molar-refractivity contribution < 1.29 is 4.39 Å². The van der Waals surface area contributed by atoms with E-state index in [-0.39, 0.29) is 11.8 Å². The van der Waals surface area contributed by atoms with Crippen LogP contribution in [0.2, 0.25) is 0 Å². The molecule has 0 aromatic carbocycles. The standard InChI is InChI=1S/C9H13FN4/c10-7-5-12-9(11)14-8(7)13-6-3-1-2-4-6/h5-6H,1-4H2,(H3,11,12,13,14). The number of hydrogen-bond donors (Lipinski definition) is 2. The van der Waals surface area contributed by atoms with Crippen molar-refractivity contribution in [3.05, 3.63) is 12.0 Å². The van der Waals surface area contributed by atoms with E-state index < -0.39 is 5.82 Å². The molecule has 0 radical (unpaired) electrons. The van der Waals surface area contributed by atoms with Gasteiger partial charge in [-0.1, -0.05) is 12.8 Å². The van der Waals surface area contributed by atoms with Crippen LogP contribution in [0, 0.1) is 5.82 Å². The molecule has 1 saturated carbocycles. The van der Waals surface area contributed by atoms with Crippen LogP contribution in [0.25, 0.3) is 0 Å². The Balaban J connectivity index is 2.10. The van der Waals surface area contributed by atoms with Gasteiger partial charge < -0.3 is 11.1 Å². The molecule has 1 fully saturated rings. The molecule has 5 heteroatoms. The minimum atomic E-state index is -0.439. The number of anilines is 2. The minimum Gasteiger partial charge on any atom is -0.368 e. The predicted octanol–water partition coefficient (Wildman–Crippen LogP) is 1.55. The van der Waals surface area contributed by atoms with E-state index in [1.807, 2.05) is 0 Å².